The summed E-state index contributed by atoms with van der Waals surface area (Å²) >= 11 is 0. The van der Waals surface area contributed by atoms with Crippen LogP contribution in [0.3, 0.4) is 0 Å². The number of hydroxylamine groups is 3. The van der Waals surface area contributed by atoms with E-state index in [4.69, 9.17) is 0 Å². The fourth-order valence-corrected chi connectivity index (χ4v) is 1.08. The predicted octanol–water partition coefficient (Wildman–Crippen LogP) is 1.17. The molecule has 0 aliphatic carbocycles. The quantitative estimate of drug-likeness (QED) is 0.415. The van der Waals surface area contributed by atoms with E-state index in [0.717, 1.165) is 26.1 Å². The smallest absolute Gasteiger partial charge is 0.127 e. The summed E-state index contributed by atoms with van der Waals surface area (Å²) in [6, 6.07) is 0. The molecule has 0 saturated heterocycles. The van der Waals surface area contributed by atoms with E-state index in [1.54, 1.807) is 0 Å². The van der Waals surface area contributed by atoms with Crippen LogP contribution in [0.5, 0.6) is 0 Å². The van der Waals surface area contributed by atoms with Gasteiger partial charge in [0.2, 0.25) is 0 Å². The first kappa shape index (κ1) is 6.78. The van der Waals surface area contributed by atoms with Gasteiger partial charge in [0.15, 0.2) is 0 Å². The minimum absolute atomic E-state index is 0.233. The van der Waals surface area contributed by atoms with E-state index in [1.165, 1.54) is 0 Å². The van der Waals surface area contributed by atoms with Crippen molar-refractivity contribution >= 4 is 0 Å². The summed E-state index contributed by atoms with van der Waals surface area (Å²) < 4.78 is 0.233. The molecule has 0 fully saturated rings. The normalized spacial score (nSPS) is 34.9. The van der Waals surface area contributed by atoms with E-state index in [2.05, 4.69) is 6.08 Å². The Morgan fingerprint density at radius 2 is 2.33 bits per heavy atom. The van der Waals surface area contributed by atoms with Crippen molar-refractivity contribution in [2.24, 2.45) is 0 Å². The molecule has 0 aromatic carbocycles. The lowest BCUT2D eigenvalue weighted by Crippen LogP contribution is -2.46. The monoisotopic (exact) mass is 128 g/mol. The zero-order valence-electron chi connectivity index (χ0n) is 5.88. The number of likely N-dealkylation sites (N-methyl/N-ethyl adjacent to an activating group) is 1. The molecule has 1 rings (SSSR count). The number of quaternary nitrogens is 1. The highest BCUT2D eigenvalue weighted by molar-refractivity contribution is 4.84. The van der Waals surface area contributed by atoms with Gasteiger partial charge in [-0.15, -0.1) is 0 Å². The molecule has 0 aromatic heterocycles. The Balaban J connectivity index is 2.50. The fraction of sp³-hybridized carbons (Fsp3) is 0.714. The molecule has 1 unspecified atom stereocenters. The summed E-state index contributed by atoms with van der Waals surface area (Å²) in [7, 11) is 0. The van der Waals surface area contributed by atoms with Crippen LogP contribution in [0.1, 0.15) is 13.3 Å². The van der Waals surface area contributed by atoms with Gasteiger partial charge in [-0.3, -0.25) is 0 Å². The largest absolute Gasteiger partial charge is 0.217 e. The van der Waals surface area contributed by atoms with Gasteiger partial charge in [-0.25, -0.2) is 5.21 Å². The van der Waals surface area contributed by atoms with E-state index >= 15 is 0 Å². The maximum Gasteiger partial charge on any atom is 0.127 e. The minimum Gasteiger partial charge on any atom is -0.217 e. The summed E-state index contributed by atoms with van der Waals surface area (Å²) in [6.07, 6.45) is 5.19. The van der Waals surface area contributed by atoms with Gasteiger partial charge in [0, 0.05) is 6.42 Å². The molecule has 0 saturated carbocycles. The molecular weight excluding hydrogens is 114 g/mol. The first-order valence-corrected chi connectivity index (χ1v) is 3.51. The van der Waals surface area contributed by atoms with Crippen LogP contribution in [0.2, 0.25) is 0 Å². The van der Waals surface area contributed by atoms with Crippen molar-refractivity contribution in [2.45, 2.75) is 13.3 Å². The van der Waals surface area contributed by atoms with Gasteiger partial charge >= 0.3 is 0 Å². The predicted molar refractivity (Wildman–Crippen MR) is 36.1 cm³/mol. The van der Waals surface area contributed by atoms with E-state index < -0.39 is 0 Å². The van der Waals surface area contributed by atoms with Crippen LogP contribution in [0.4, 0.5) is 0 Å². The Labute approximate surface area is 56.0 Å². The van der Waals surface area contributed by atoms with Crippen molar-refractivity contribution in [1.29, 1.82) is 0 Å². The lowest BCUT2D eigenvalue weighted by atomic mass is 10.2. The molecular formula is C7H14NO+. The summed E-state index contributed by atoms with van der Waals surface area (Å²) in [5.41, 5.74) is 0. The van der Waals surface area contributed by atoms with Crippen molar-refractivity contribution in [1.82, 2.24) is 0 Å². The second kappa shape index (κ2) is 2.50. The topological polar surface area (TPSA) is 20.2 Å². The van der Waals surface area contributed by atoms with E-state index in [0.29, 0.717) is 0 Å². The standard InChI is InChI=1S/C7H14NO/c1-2-8(9)6-4-3-5-7-8/h3-4,9H,2,5-7H2,1H3/q+1. The molecule has 2 nitrogen and oxygen atoms in total. The third-order valence-corrected chi connectivity index (χ3v) is 1.91. The minimum atomic E-state index is 0.233. The Morgan fingerprint density at radius 1 is 1.56 bits per heavy atom. The molecule has 1 aliphatic heterocycles. The van der Waals surface area contributed by atoms with Gasteiger partial charge in [-0.05, 0) is 13.0 Å². The van der Waals surface area contributed by atoms with Gasteiger partial charge in [0.25, 0.3) is 0 Å². The van der Waals surface area contributed by atoms with Crippen molar-refractivity contribution in [2.75, 3.05) is 19.6 Å². The summed E-state index contributed by atoms with van der Waals surface area (Å²) in [6.45, 7) is 4.51. The molecule has 1 heterocycles. The molecule has 0 radical (unpaired) electrons. The molecule has 0 spiro atoms. The van der Waals surface area contributed by atoms with E-state index in [-0.39, 0.29) is 4.65 Å². The van der Waals surface area contributed by atoms with Crippen LogP contribution in [0, 0.1) is 0 Å². The highest BCUT2D eigenvalue weighted by atomic mass is 16.5. The Kier molecular flexibility index (Phi) is 1.88. The third kappa shape index (κ3) is 1.53. The maximum atomic E-state index is 9.57. The van der Waals surface area contributed by atoms with Crippen molar-refractivity contribution in [3.05, 3.63) is 12.2 Å². The number of hydrogen-bond donors (Lipinski definition) is 1. The molecule has 0 bridgehead atoms. The van der Waals surface area contributed by atoms with Gasteiger partial charge in [0.1, 0.15) is 19.6 Å². The lowest BCUT2D eigenvalue weighted by molar-refractivity contribution is -1.10. The first-order valence-electron chi connectivity index (χ1n) is 3.51. The van der Waals surface area contributed by atoms with Crippen molar-refractivity contribution in [3.63, 3.8) is 0 Å². The lowest BCUT2D eigenvalue weighted by Gasteiger charge is -2.29. The zero-order valence-corrected chi connectivity index (χ0v) is 5.88. The van der Waals surface area contributed by atoms with Crippen LogP contribution in [0.25, 0.3) is 0 Å². The van der Waals surface area contributed by atoms with Crippen LogP contribution in [-0.2, 0) is 0 Å². The summed E-state index contributed by atoms with van der Waals surface area (Å²) in [4.78, 5) is 0. The van der Waals surface area contributed by atoms with E-state index in [9.17, 15) is 5.21 Å². The number of rotatable bonds is 1. The van der Waals surface area contributed by atoms with Gasteiger partial charge < -0.3 is 0 Å². The average Bonchev–Trinajstić information content (AvgIpc) is 1.90. The van der Waals surface area contributed by atoms with Crippen molar-refractivity contribution < 1.29 is 9.85 Å². The molecule has 1 atom stereocenters. The highest BCUT2D eigenvalue weighted by Crippen LogP contribution is 2.08. The summed E-state index contributed by atoms with van der Waals surface area (Å²) in [5.74, 6) is 0. The van der Waals surface area contributed by atoms with Crippen LogP contribution >= 0.6 is 0 Å². The maximum absolute atomic E-state index is 9.57. The van der Waals surface area contributed by atoms with Crippen LogP contribution in [-0.4, -0.2) is 29.5 Å². The second-order valence-electron chi connectivity index (χ2n) is 2.58. The Morgan fingerprint density at radius 3 is 2.67 bits per heavy atom. The molecule has 1 aliphatic rings. The van der Waals surface area contributed by atoms with Gasteiger partial charge in [0.05, 0.1) is 0 Å². The second-order valence-corrected chi connectivity index (χ2v) is 2.58. The van der Waals surface area contributed by atoms with Crippen LogP contribution < -0.4 is 0 Å². The average molecular weight is 128 g/mol. The van der Waals surface area contributed by atoms with E-state index in [1.807, 2.05) is 13.0 Å². The van der Waals surface area contributed by atoms with Crippen LogP contribution in [0.15, 0.2) is 12.2 Å². The van der Waals surface area contributed by atoms with Gasteiger partial charge in [-0.2, -0.15) is 4.65 Å². The van der Waals surface area contributed by atoms with Gasteiger partial charge in [-0.1, -0.05) is 6.08 Å². The first-order chi connectivity index (χ1) is 4.27. The number of hydrogen-bond acceptors (Lipinski definition) is 1. The molecule has 0 amide bonds. The molecule has 0 aromatic rings. The fourth-order valence-electron chi connectivity index (χ4n) is 1.08. The highest BCUT2D eigenvalue weighted by Gasteiger charge is 2.22. The third-order valence-electron chi connectivity index (χ3n) is 1.91. The summed E-state index contributed by atoms with van der Waals surface area (Å²) in [5, 5.41) is 9.57. The Hall–Kier alpha value is -0.340. The molecule has 9 heavy (non-hydrogen) atoms. The SMILES string of the molecule is CC[N+]1(O)CC=CCC1. The van der Waals surface area contributed by atoms with Crippen molar-refractivity contribution in [3.8, 4) is 0 Å². The molecule has 2 heteroatoms. The Bertz CT molecular complexity index is 122. The zero-order chi connectivity index (χ0) is 6.74. The molecule has 1 N–H and O–H groups in total. The number of nitrogens with zero attached hydrogens (tertiary/aromatic N) is 1. The molecule has 52 valence electrons.